The van der Waals surface area contributed by atoms with Gasteiger partial charge in [-0.2, -0.15) is 0 Å². The van der Waals surface area contributed by atoms with E-state index >= 15 is 0 Å². The second kappa shape index (κ2) is 11.4. The molecule has 0 aromatic carbocycles. The summed E-state index contributed by atoms with van der Waals surface area (Å²) in [6.07, 6.45) is -7.03. The molecule has 0 saturated carbocycles. The number of ketones is 4. The van der Waals surface area contributed by atoms with Crippen LogP contribution < -0.4 is 0 Å². The molecule has 0 aliphatic carbocycles. The van der Waals surface area contributed by atoms with E-state index in [4.69, 9.17) is 0 Å². The summed E-state index contributed by atoms with van der Waals surface area (Å²) in [4.78, 5) is 91.8. The third-order valence-corrected chi connectivity index (χ3v) is 2.53. The number of carbonyl (C=O) groups is 8. The number of rotatable bonds is 12. The second-order valence-corrected chi connectivity index (χ2v) is 5.91. The number of carbonyl (C=O) groups excluding carboxylic acids is 8. The molecule has 0 aliphatic heterocycles. The molecule has 0 amide bonds. The van der Waals surface area contributed by atoms with Crippen molar-refractivity contribution in [2.45, 2.75) is 59.5 Å². The monoisotopic (exact) mass is 416 g/mol. The highest BCUT2D eigenvalue weighted by atomic mass is 17.0. The Morgan fingerprint density at radius 3 is 0.759 bits per heavy atom. The first-order valence-electron chi connectivity index (χ1n) is 8.09. The molecule has 12 heteroatoms. The van der Waals surface area contributed by atoms with Crippen molar-refractivity contribution in [2.24, 2.45) is 0 Å². The van der Waals surface area contributed by atoms with Gasteiger partial charge in [0.25, 0.3) is 0 Å². The van der Waals surface area contributed by atoms with Gasteiger partial charge in [0.15, 0.2) is 0 Å². The molecular formula is C17H20O12. The molecule has 0 saturated heterocycles. The predicted molar refractivity (Wildman–Crippen MR) is 88.3 cm³/mol. The molecular weight excluding hydrogens is 396 g/mol. The molecule has 160 valence electrons. The number of esters is 4. The number of ether oxygens (including phenoxy) is 4. The molecule has 0 aromatic rings. The summed E-state index contributed by atoms with van der Waals surface area (Å²) in [7, 11) is 0. The van der Waals surface area contributed by atoms with Crippen molar-refractivity contribution >= 4 is 47.0 Å². The lowest BCUT2D eigenvalue weighted by atomic mass is 10.3. The van der Waals surface area contributed by atoms with Gasteiger partial charge in [0, 0.05) is 0 Å². The zero-order chi connectivity index (χ0) is 22.8. The Labute approximate surface area is 164 Å². The van der Waals surface area contributed by atoms with E-state index in [0.29, 0.717) is 0 Å². The fourth-order valence-corrected chi connectivity index (χ4v) is 1.64. The van der Waals surface area contributed by atoms with Gasteiger partial charge in [-0.3, -0.25) is 38.4 Å². The Hall–Kier alpha value is -3.44. The van der Waals surface area contributed by atoms with E-state index in [1.54, 1.807) is 0 Å². The molecule has 0 rings (SSSR count). The summed E-state index contributed by atoms with van der Waals surface area (Å²) in [5.74, 6) is -8.54. The molecule has 29 heavy (non-hydrogen) atoms. The number of hydrogen-bond donors (Lipinski definition) is 0. The standard InChI is InChI=1S/C17H20O12/c1-9(18)5-13(22)26-17(27-14(23)6-10(2)19,28-15(24)7-11(3)20)29-16(25)8-12(4)21/h5-8H2,1-4H3. The zero-order valence-corrected chi connectivity index (χ0v) is 16.2. The van der Waals surface area contributed by atoms with Gasteiger partial charge in [-0.15, -0.1) is 0 Å². The number of Topliss-reactive ketones (excluding diaryl/α,β-unsaturated/α-hetero) is 4. The van der Waals surface area contributed by atoms with Gasteiger partial charge in [-0.25, -0.2) is 0 Å². The quantitative estimate of drug-likeness (QED) is 0.231. The Bertz CT molecular complexity index is 607. The highest BCUT2D eigenvalue weighted by Gasteiger charge is 2.50. The van der Waals surface area contributed by atoms with Gasteiger partial charge in [-0.1, -0.05) is 0 Å². The van der Waals surface area contributed by atoms with E-state index in [-0.39, 0.29) is 0 Å². The van der Waals surface area contributed by atoms with Crippen LogP contribution in [0.3, 0.4) is 0 Å². The van der Waals surface area contributed by atoms with Crippen molar-refractivity contribution in [3.63, 3.8) is 0 Å². The van der Waals surface area contributed by atoms with Gasteiger partial charge in [0.1, 0.15) is 48.8 Å². The fraction of sp³-hybridized carbons (Fsp3) is 0.529. The van der Waals surface area contributed by atoms with Gasteiger partial charge in [0.05, 0.1) is 0 Å². The van der Waals surface area contributed by atoms with Crippen molar-refractivity contribution in [3.8, 4) is 0 Å². The predicted octanol–water partition coefficient (Wildman–Crippen LogP) is -0.313. The summed E-state index contributed by atoms with van der Waals surface area (Å²) in [6, 6.07) is 0. The summed E-state index contributed by atoms with van der Waals surface area (Å²) < 4.78 is 18.3. The van der Waals surface area contributed by atoms with E-state index in [1.165, 1.54) is 0 Å². The summed E-state index contributed by atoms with van der Waals surface area (Å²) in [6.45, 7) is 4.03. The minimum absolute atomic E-state index is 0.705. The van der Waals surface area contributed by atoms with Gasteiger partial charge >= 0.3 is 30.0 Å². The molecule has 0 heterocycles. The molecule has 0 aliphatic rings. The van der Waals surface area contributed by atoms with E-state index in [2.05, 4.69) is 18.9 Å². The van der Waals surface area contributed by atoms with Crippen LogP contribution >= 0.6 is 0 Å². The Morgan fingerprint density at radius 2 is 0.621 bits per heavy atom. The molecule has 12 nitrogen and oxygen atoms in total. The van der Waals surface area contributed by atoms with Crippen LogP contribution in [-0.2, 0) is 57.3 Å². The van der Waals surface area contributed by atoms with E-state index in [1.807, 2.05) is 0 Å². The minimum atomic E-state index is -3.47. The summed E-state index contributed by atoms with van der Waals surface area (Å²) >= 11 is 0. The minimum Gasteiger partial charge on any atom is -0.352 e. The highest BCUT2D eigenvalue weighted by Crippen LogP contribution is 2.22. The maximum atomic E-state index is 11.9. The molecule has 0 unspecified atom stereocenters. The maximum Gasteiger partial charge on any atom is 0.619 e. The molecule has 0 N–H and O–H groups in total. The van der Waals surface area contributed by atoms with Crippen LogP contribution in [0.1, 0.15) is 53.4 Å². The number of hydrogen-bond acceptors (Lipinski definition) is 12. The average molecular weight is 416 g/mol. The van der Waals surface area contributed by atoms with Gasteiger partial charge in [-0.05, 0) is 27.7 Å². The molecule has 0 bridgehead atoms. The van der Waals surface area contributed by atoms with Crippen LogP contribution in [0, 0.1) is 0 Å². The molecule has 0 fully saturated rings. The zero-order valence-electron chi connectivity index (χ0n) is 16.2. The lowest BCUT2D eigenvalue weighted by molar-refractivity contribution is -0.431. The average Bonchev–Trinajstić information content (AvgIpc) is 2.41. The fourth-order valence-electron chi connectivity index (χ4n) is 1.64. The van der Waals surface area contributed by atoms with Crippen LogP contribution in [0.2, 0.25) is 0 Å². The molecule has 0 atom stereocenters. The van der Waals surface area contributed by atoms with Crippen molar-refractivity contribution in [1.29, 1.82) is 0 Å². The van der Waals surface area contributed by atoms with Crippen LogP contribution in [0.5, 0.6) is 0 Å². The first-order valence-corrected chi connectivity index (χ1v) is 8.09. The van der Waals surface area contributed by atoms with Crippen molar-refractivity contribution in [3.05, 3.63) is 0 Å². The van der Waals surface area contributed by atoms with E-state index < -0.39 is 78.9 Å². The highest BCUT2D eigenvalue weighted by molar-refractivity contribution is 5.97. The summed E-state index contributed by atoms with van der Waals surface area (Å²) in [5, 5.41) is 0. The first-order chi connectivity index (χ1) is 13.2. The summed E-state index contributed by atoms with van der Waals surface area (Å²) in [5.41, 5.74) is 0. The first kappa shape index (κ1) is 25.6. The van der Waals surface area contributed by atoms with Crippen LogP contribution in [0.15, 0.2) is 0 Å². The molecule has 0 radical (unpaired) electrons. The smallest absolute Gasteiger partial charge is 0.352 e. The molecule has 0 aromatic heterocycles. The Kier molecular flexibility index (Phi) is 10.1. The van der Waals surface area contributed by atoms with Crippen LogP contribution in [0.25, 0.3) is 0 Å². The van der Waals surface area contributed by atoms with Gasteiger partial charge < -0.3 is 18.9 Å². The third kappa shape index (κ3) is 11.8. The SMILES string of the molecule is CC(=O)CC(=O)OC(OC(=O)CC(C)=O)(OC(=O)CC(C)=O)OC(=O)CC(C)=O. The Morgan fingerprint density at radius 1 is 0.448 bits per heavy atom. The topological polar surface area (TPSA) is 173 Å². The normalized spacial score (nSPS) is 10.3. The lowest BCUT2D eigenvalue weighted by Crippen LogP contribution is -2.49. The van der Waals surface area contributed by atoms with E-state index in [9.17, 15) is 38.4 Å². The third-order valence-electron chi connectivity index (χ3n) is 2.53. The maximum absolute atomic E-state index is 11.9. The van der Waals surface area contributed by atoms with Crippen molar-refractivity contribution in [2.75, 3.05) is 0 Å². The van der Waals surface area contributed by atoms with Crippen LogP contribution in [-0.4, -0.2) is 53.2 Å². The Balaban J connectivity index is 5.96. The van der Waals surface area contributed by atoms with E-state index in [0.717, 1.165) is 27.7 Å². The lowest BCUT2D eigenvalue weighted by Gasteiger charge is -2.28. The molecule has 0 spiro atoms. The van der Waals surface area contributed by atoms with Crippen LogP contribution in [0.4, 0.5) is 0 Å². The van der Waals surface area contributed by atoms with Crippen molar-refractivity contribution < 1.29 is 57.3 Å². The largest absolute Gasteiger partial charge is 0.619 e. The van der Waals surface area contributed by atoms with Crippen molar-refractivity contribution in [1.82, 2.24) is 0 Å². The second-order valence-electron chi connectivity index (χ2n) is 5.91. The van der Waals surface area contributed by atoms with Gasteiger partial charge in [0.2, 0.25) is 0 Å².